The summed E-state index contributed by atoms with van der Waals surface area (Å²) in [6, 6.07) is 7.87. The standard InChI is InChI=1S/C20H32O4/c1-4-16(2)20(22)14-18(21)8-6-5-7-13-24-15-17-9-11-19(23-3)12-10-17/h4,9-12,16,18,20-22H,1,5-8,13-15H2,2-3H3/t16-,18-,20+/m1/s1. The normalized spacial score (nSPS) is 14.8. The molecule has 3 atom stereocenters. The maximum atomic E-state index is 9.92. The molecule has 0 aliphatic carbocycles. The Balaban J connectivity index is 2.02. The average molecular weight is 336 g/mol. The second kappa shape index (κ2) is 12.1. The molecule has 1 aromatic rings. The van der Waals surface area contributed by atoms with Gasteiger partial charge in [0.25, 0.3) is 0 Å². The lowest BCUT2D eigenvalue weighted by Crippen LogP contribution is -2.22. The van der Waals surface area contributed by atoms with Crippen molar-refractivity contribution in [2.75, 3.05) is 13.7 Å². The van der Waals surface area contributed by atoms with Crippen LogP contribution in [0, 0.1) is 5.92 Å². The first-order chi connectivity index (χ1) is 11.6. The van der Waals surface area contributed by atoms with E-state index in [-0.39, 0.29) is 5.92 Å². The smallest absolute Gasteiger partial charge is 0.118 e. The minimum absolute atomic E-state index is 0.0194. The summed E-state index contributed by atoms with van der Waals surface area (Å²) in [5, 5.41) is 19.8. The average Bonchev–Trinajstić information content (AvgIpc) is 2.60. The summed E-state index contributed by atoms with van der Waals surface area (Å²) in [7, 11) is 1.66. The second-order valence-corrected chi connectivity index (χ2v) is 6.30. The molecule has 0 fully saturated rings. The van der Waals surface area contributed by atoms with E-state index >= 15 is 0 Å². The van der Waals surface area contributed by atoms with E-state index in [1.54, 1.807) is 13.2 Å². The lowest BCUT2D eigenvalue weighted by Gasteiger charge is -2.18. The van der Waals surface area contributed by atoms with Crippen molar-refractivity contribution in [2.24, 2.45) is 5.92 Å². The molecule has 4 nitrogen and oxygen atoms in total. The van der Waals surface area contributed by atoms with Crippen LogP contribution < -0.4 is 4.74 Å². The highest BCUT2D eigenvalue weighted by Crippen LogP contribution is 2.15. The fourth-order valence-electron chi connectivity index (χ4n) is 2.44. The summed E-state index contributed by atoms with van der Waals surface area (Å²) < 4.78 is 10.8. The number of unbranched alkanes of at least 4 members (excludes halogenated alkanes) is 2. The van der Waals surface area contributed by atoms with Crippen LogP contribution in [0.2, 0.25) is 0 Å². The highest BCUT2D eigenvalue weighted by molar-refractivity contribution is 5.26. The molecule has 2 N–H and O–H groups in total. The Hall–Kier alpha value is -1.36. The Kier molecular flexibility index (Phi) is 10.4. The predicted octanol–water partition coefficient (Wildman–Crippen LogP) is 3.71. The Morgan fingerprint density at radius 1 is 1.12 bits per heavy atom. The molecular formula is C20H32O4. The van der Waals surface area contributed by atoms with Gasteiger partial charge in [0.2, 0.25) is 0 Å². The zero-order valence-corrected chi connectivity index (χ0v) is 15.0. The quantitative estimate of drug-likeness (QED) is 0.426. The fraction of sp³-hybridized carbons (Fsp3) is 0.600. The molecule has 4 heteroatoms. The second-order valence-electron chi connectivity index (χ2n) is 6.30. The van der Waals surface area contributed by atoms with Crippen LogP contribution >= 0.6 is 0 Å². The molecule has 136 valence electrons. The van der Waals surface area contributed by atoms with E-state index in [1.807, 2.05) is 31.2 Å². The van der Waals surface area contributed by atoms with Crippen molar-refractivity contribution in [1.29, 1.82) is 0 Å². The number of benzene rings is 1. The monoisotopic (exact) mass is 336 g/mol. The summed E-state index contributed by atoms with van der Waals surface area (Å²) in [6.07, 6.45) is 4.86. The van der Waals surface area contributed by atoms with Crippen LogP contribution in [0.5, 0.6) is 5.75 Å². The summed E-state index contributed by atoms with van der Waals surface area (Å²) >= 11 is 0. The molecule has 0 bridgehead atoms. The third-order valence-corrected chi connectivity index (χ3v) is 4.25. The Bertz CT molecular complexity index is 443. The van der Waals surface area contributed by atoms with Crippen molar-refractivity contribution in [3.8, 4) is 5.75 Å². The fourth-order valence-corrected chi connectivity index (χ4v) is 2.44. The SMILES string of the molecule is C=C[C@@H](C)[C@@H](O)C[C@H](O)CCCCCOCc1ccc(OC)cc1. The van der Waals surface area contributed by atoms with E-state index in [0.29, 0.717) is 13.0 Å². The van der Waals surface area contributed by atoms with Gasteiger partial charge in [-0.1, -0.05) is 38.0 Å². The number of ether oxygens (including phenoxy) is 2. The minimum atomic E-state index is -0.509. The predicted molar refractivity (Wildman–Crippen MR) is 97.1 cm³/mol. The number of methoxy groups -OCH3 is 1. The van der Waals surface area contributed by atoms with Crippen LogP contribution in [0.3, 0.4) is 0 Å². The van der Waals surface area contributed by atoms with Gasteiger partial charge in [-0.05, 0) is 42.9 Å². The van der Waals surface area contributed by atoms with Crippen molar-refractivity contribution < 1.29 is 19.7 Å². The van der Waals surface area contributed by atoms with Gasteiger partial charge >= 0.3 is 0 Å². The van der Waals surface area contributed by atoms with Gasteiger partial charge in [0, 0.05) is 6.61 Å². The van der Waals surface area contributed by atoms with Gasteiger partial charge in [0.1, 0.15) is 5.75 Å². The van der Waals surface area contributed by atoms with Crippen LogP contribution in [0.1, 0.15) is 44.6 Å². The largest absolute Gasteiger partial charge is 0.497 e. The molecule has 1 rings (SSSR count). The van der Waals surface area contributed by atoms with E-state index in [4.69, 9.17) is 9.47 Å². The number of aliphatic hydroxyl groups excluding tert-OH is 2. The van der Waals surface area contributed by atoms with Crippen LogP contribution in [0.25, 0.3) is 0 Å². The van der Waals surface area contributed by atoms with Crippen LogP contribution in [0.15, 0.2) is 36.9 Å². The zero-order chi connectivity index (χ0) is 17.8. The van der Waals surface area contributed by atoms with Gasteiger partial charge in [-0.25, -0.2) is 0 Å². The molecule has 0 unspecified atom stereocenters. The third kappa shape index (κ3) is 8.48. The molecule has 1 aromatic carbocycles. The van der Waals surface area contributed by atoms with Gasteiger partial charge in [-0.2, -0.15) is 0 Å². The molecule has 0 saturated heterocycles. The van der Waals surface area contributed by atoms with Gasteiger partial charge in [0.15, 0.2) is 0 Å². The Labute approximate surface area is 146 Å². The molecular weight excluding hydrogens is 304 g/mol. The van der Waals surface area contributed by atoms with Crippen LogP contribution in [-0.4, -0.2) is 36.1 Å². The summed E-state index contributed by atoms with van der Waals surface area (Å²) in [5.41, 5.74) is 1.14. The summed E-state index contributed by atoms with van der Waals surface area (Å²) in [6.45, 7) is 6.90. The zero-order valence-electron chi connectivity index (χ0n) is 15.0. The summed E-state index contributed by atoms with van der Waals surface area (Å²) in [5.74, 6) is 0.871. The van der Waals surface area contributed by atoms with E-state index < -0.39 is 12.2 Å². The van der Waals surface area contributed by atoms with Crippen molar-refractivity contribution in [3.63, 3.8) is 0 Å². The van der Waals surface area contributed by atoms with Crippen LogP contribution in [0.4, 0.5) is 0 Å². The number of rotatable bonds is 13. The summed E-state index contributed by atoms with van der Waals surface area (Å²) in [4.78, 5) is 0. The van der Waals surface area contributed by atoms with Crippen molar-refractivity contribution >= 4 is 0 Å². The third-order valence-electron chi connectivity index (χ3n) is 4.25. The number of hydrogen-bond donors (Lipinski definition) is 2. The molecule has 0 saturated carbocycles. The van der Waals surface area contributed by atoms with E-state index in [1.165, 1.54) is 0 Å². The van der Waals surface area contributed by atoms with Gasteiger partial charge in [0.05, 0.1) is 25.9 Å². The molecule has 0 aliphatic heterocycles. The van der Waals surface area contributed by atoms with E-state index in [9.17, 15) is 10.2 Å². The Morgan fingerprint density at radius 3 is 2.46 bits per heavy atom. The minimum Gasteiger partial charge on any atom is -0.497 e. The molecule has 0 heterocycles. The van der Waals surface area contributed by atoms with Gasteiger partial charge in [-0.3, -0.25) is 0 Å². The lowest BCUT2D eigenvalue weighted by atomic mass is 9.97. The first-order valence-electron chi connectivity index (χ1n) is 8.76. The van der Waals surface area contributed by atoms with Crippen LogP contribution in [-0.2, 0) is 11.3 Å². The molecule has 24 heavy (non-hydrogen) atoms. The van der Waals surface area contributed by atoms with Crippen molar-refractivity contribution in [3.05, 3.63) is 42.5 Å². The molecule has 0 amide bonds. The van der Waals surface area contributed by atoms with Gasteiger partial charge < -0.3 is 19.7 Å². The van der Waals surface area contributed by atoms with Crippen molar-refractivity contribution in [2.45, 2.75) is 57.8 Å². The highest BCUT2D eigenvalue weighted by Gasteiger charge is 2.15. The highest BCUT2D eigenvalue weighted by atomic mass is 16.5. The van der Waals surface area contributed by atoms with E-state index in [2.05, 4.69) is 6.58 Å². The Morgan fingerprint density at radius 2 is 1.83 bits per heavy atom. The first-order valence-corrected chi connectivity index (χ1v) is 8.76. The molecule has 0 spiro atoms. The van der Waals surface area contributed by atoms with Gasteiger partial charge in [-0.15, -0.1) is 6.58 Å². The molecule has 0 aromatic heterocycles. The maximum absolute atomic E-state index is 9.92. The molecule has 0 radical (unpaired) electrons. The van der Waals surface area contributed by atoms with E-state index in [0.717, 1.165) is 43.6 Å². The number of aliphatic hydroxyl groups is 2. The maximum Gasteiger partial charge on any atom is 0.118 e. The first kappa shape index (κ1) is 20.7. The lowest BCUT2D eigenvalue weighted by molar-refractivity contribution is 0.0547. The van der Waals surface area contributed by atoms with Crippen molar-refractivity contribution in [1.82, 2.24) is 0 Å². The topological polar surface area (TPSA) is 58.9 Å². The number of hydrogen-bond acceptors (Lipinski definition) is 4. The molecule has 0 aliphatic rings.